The molecule has 133 heavy (non-hydrogen) atoms. The first-order chi connectivity index (χ1) is 64.9. The number of hydrogen-bond acceptors (Lipinski definition) is 13. The Kier molecular flexibility index (Phi) is 34.2. The highest BCUT2D eigenvalue weighted by Crippen LogP contribution is 2.41. The van der Waals surface area contributed by atoms with E-state index in [4.69, 9.17) is 33.5 Å². The van der Waals surface area contributed by atoms with Crippen LogP contribution in [0.1, 0.15) is 148 Å². The van der Waals surface area contributed by atoms with E-state index in [0.29, 0.717) is 21.2 Å². The highest BCUT2D eigenvalue weighted by atomic mass is 32.1. The second kappa shape index (κ2) is 48.0. The maximum Gasteiger partial charge on any atom is 0.346 e. The van der Waals surface area contributed by atoms with E-state index < -0.39 is 23.9 Å². The Morgan fingerprint density at radius 1 is 0.316 bits per heavy atom. The molecule has 4 N–H and O–H groups in total. The molecule has 0 spiro atoms. The lowest BCUT2D eigenvalue weighted by atomic mass is 10.0. The molecule has 0 unspecified atom stereocenters. The summed E-state index contributed by atoms with van der Waals surface area (Å²) in [6.07, 6.45) is 36.7. The van der Waals surface area contributed by atoms with Gasteiger partial charge in [-0.3, -0.25) is 9.59 Å². The van der Waals surface area contributed by atoms with Gasteiger partial charge in [0.15, 0.2) is 0 Å². The highest BCUT2D eigenvalue weighted by molar-refractivity contribution is 7.17. The summed E-state index contributed by atoms with van der Waals surface area (Å²) in [4.78, 5) is 62.5. The number of carboxylic acid groups (broad SMARTS) is 4. The number of rotatable bonds is 39. The average Bonchev–Trinajstić information content (AvgIpc) is 1.55. The molecule has 658 valence electrons. The number of ether oxygens (including phenoxy) is 1. The summed E-state index contributed by atoms with van der Waals surface area (Å²) in [5.41, 5.74) is 18.8. The van der Waals surface area contributed by atoms with E-state index in [1.807, 2.05) is 128 Å². The van der Waals surface area contributed by atoms with Crippen molar-refractivity contribution < 1.29 is 44.3 Å². The maximum absolute atomic E-state index is 11.3. The Labute approximate surface area is 792 Å². The van der Waals surface area contributed by atoms with Gasteiger partial charge in [0.1, 0.15) is 29.0 Å². The summed E-state index contributed by atoms with van der Waals surface area (Å²) in [5, 5.41) is 55.0. The quantitative estimate of drug-likeness (QED) is 0.00927. The number of anilines is 6. The van der Waals surface area contributed by atoms with Gasteiger partial charge in [-0.05, 0) is 250 Å². The molecule has 0 amide bonds. The van der Waals surface area contributed by atoms with Crippen LogP contribution >= 0.6 is 45.3 Å². The van der Waals surface area contributed by atoms with Gasteiger partial charge in [-0.25, -0.2) is 19.3 Å². The van der Waals surface area contributed by atoms with Crippen molar-refractivity contribution in [3.05, 3.63) is 406 Å². The van der Waals surface area contributed by atoms with Crippen molar-refractivity contribution in [3.8, 4) is 59.7 Å². The van der Waals surface area contributed by atoms with Crippen molar-refractivity contribution >= 4 is 176 Å². The number of nitrogens with zero attached hydrogens (tertiary/aromatic N) is 6. The molecule has 4 aromatic heterocycles. The molecule has 0 atom stereocenters. The zero-order valence-corrected chi connectivity index (χ0v) is 76.5. The maximum atomic E-state index is 11.3. The average molecular weight is 1820 g/mol. The van der Waals surface area contributed by atoms with Crippen LogP contribution in [-0.4, -0.2) is 50.9 Å². The molecule has 0 saturated heterocycles. The molecule has 14 rings (SSSR count). The van der Waals surface area contributed by atoms with Crippen LogP contribution in [0.2, 0.25) is 0 Å². The Bertz CT molecular complexity index is 6450. The van der Waals surface area contributed by atoms with Gasteiger partial charge in [-0.2, -0.15) is 10.5 Å². The van der Waals surface area contributed by atoms with Crippen LogP contribution in [0.3, 0.4) is 0 Å². The van der Waals surface area contributed by atoms with Gasteiger partial charge in [0.05, 0.1) is 19.8 Å². The Morgan fingerprint density at radius 3 is 0.797 bits per heavy atom. The van der Waals surface area contributed by atoms with Gasteiger partial charge >= 0.3 is 23.9 Å². The molecular formula is C114H94N6O9S4. The molecule has 4 heterocycles. The van der Waals surface area contributed by atoms with Crippen molar-refractivity contribution in [3.63, 3.8) is 0 Å². The molecule has 15 nitrogen and oxygen atoms in total. The number of carbonyl (C=O) groups is 4. The number of unbranched alkanes of at least 4 members (excludes halogenated alkanes) is 9. The van der Waals surface area contributed by atoms with Gasteiger partial charge < -0.3 is 35.0 Å². The molecule has 0 saturated carbocycles. The van der Waals surface area contributed by atoms with Crippen LogP contribution in [0.25, 0.3) is 124 Å². The molecule has 0 radical (unpaired) electrons. The fraction of sp³-hybridized carbons (Fsp3) is 0.123. The lowest BCUT2D eigenvalue weighted by Gasteiger charge is -2.26. The second-order valence-corrected chi connectivity index (χ2v) is 35.5. The van der Waals surface area contributed by atoms with Gasteiger partial charge in [-0.15, -0.1) is 45.3 Å². The van der Waals surface area contributed by atoms with Gasteiger partial charge in [0.25, 0.3) is 11.4 Å². The largest absolute Gasteiger partial charge is 0.494 e. The Balaban J connectivity index is 0.000000228. The fourth-order valence-electron chi connectivity index (χ4n) is 14.6. The third-order valence-electron chi connectivity index (χ3n) is 21.7. The molecule has 0 fully saturated rings. The van der Waals surface area contributed by atoms with Crippen LogP contribution in [0.4, 0.5) is 34.1 Å². The number of aryl methyl sites for hydroxylation is 1. The standard InChI is InChI=1S/C62H57N3O4S2.C52H37N3O5S2/c1-3-4-5-6-7-8-9-10-11-12-13-45-22-32-53(33-23-45)65(54-34-24-48(25-35-54)16-14-46-18-28-50(29-19-46)59-40-38-56(70-59)42-52(44-63)61(66)67)55-36-26-49(27-37-55)17-15-47-20-30-51(31-21-47)60-41-39-57(71-60)43-58(64-2)62(68)69;1-3-60-45-26-24-44(25-27-45)55(42-20-12-37(13-21-42)6-4-35-8-16-39(17-9-35)49-30-28-46(61-49)32-41(34-53)51(56)57)43-22-14-38(15-23-43)7-5-36-10-18-40(19-11-36)50-31-29-47(62-50)33-48(54-2)52(58)59/h14-43H,3-13H2,1H3,(H,66,67)(H,68,69);4-33H,3H2,1H3,(H,56,57)(H,58,59)/b16-14+,17-15+,52-42+,58-43-;6-4+,7-5+,41-32+,48-33-. The summed E-state index contributed by atoms with van der Waals surface area (Å²) in [5.74, 6) is -4.12. The summed E-state index contributed by atoms with van der Waals surface area (Å²) in [7, 11) is 0. The number of hydrogen-bond donors (Lipinski definition) is 4. The van der Waals surface area contributed by atoms with Crippen LogP contribution in [0.15, 0.2) is 314 Å². The smallest absolute Gasteiger partial charge is 0.346 e. The monoisotopic (exact) mass is 1820 g/mol. The van der Waals surface area contributed by atoms with E-state index in [-0.39, 0.29) is 22.5 Å². The fourth-order valence-corrected chi connectivity index (χ4v) is 18.4. The van der Waals surface area contributed by atoms with E-state index in [1.54, 1.807) is 12.1 Å². The van der Waals surface area contributed by atoms with E-state index in [0.717, 1.165) is 137 Å². The number of thiophene rings is 4. The van der Waals surface area contributed by atoms with E-state index in [1.165, 1.54) is 139 Å². The molecule has 14 aromatic rings. The molecule has 0 aliphatic carbocycles. The summed E-state index contributed by atoms with van der Waals surface area (Å²) in [6.45, 7) is 19.0. The van der Waals surface area contributed by atoms with E-state index in [9.17, 15) is 34.5 Å². The number of nitriles is 2. The number of carboxylic acids is 4. The van der Waals surface area contributed by atoms with Crippen molar-refractivity contribution in [2.45, 2.75) is 84.5 Å². The SMILES string of the molecule is [C-]#[N+]/C(=C\c1ccc(-c2ccc(/C=C/c3ccc(N(c4ccc(/C=C/c5ccc(-c6ccc(/C=C(\C#N)C(=O)O)s6)cc5)cc4)c4ccc(CCCCCCCCCCCC)cc4)cc3)cc2)s1)C(=O)O.[C-]#[N+]/C(=C\c1ccc(-c2ccc(/C=C/c3ccc(N(c4ccc(/C=C/c5ccc(-c6ccc(/C=C(\C#N)C(=O)O)s6)cc5)cc4)c4ccc(OCC)cc4)cc3)cc2)s1)C(=O)O. The molecule has 0 aliphatic heterocycles. The summed E-state index contributed by atoms with van der Waals surface area (Å²) in [6, 6.07) is 102. The topological polar surface area (TPSA) is 221 Å². The summed E-state index contributed by atoms with van der Waals surface area (Å²) < 4.78 is 5.73. The first-order valence-corrected chi connectivity index (χ1v) is 46.9. The zero-order chi connectivity index (χ0) is 93.2. The minimum atomic E-state index is -1.24. The van der Waals surface area contributed by atoms with Crippen LogP contribution in [0, 0.1) is 35.8 Å². The summed E-state index contributed by atoms with van der Waals surface area (Å²) >= 11 is 5.76. The molecule has 0 aliphatic rings. The zero-order valence-electron chi connectivity index (χ0n) is 73.3. The van der Waals surface area contributed by atoms with Crippen LogP contribution in [0.5, 0.6) is 5.75 Å². The lowest BCUT2D eigenvalue weighted by Crippen LogP contribution is -2.10. The van der Waals surface area contributed by atoms with Crippen molar-refractivity contribution in [1.82, 2.24) is 0 Å². The normalized spacial score (nSPS) is 11.7. The van der Waals surface area contributed by atoms with Gasteiger partial charge in [0.2, 0.25) is 0 Å². The number of benzene rings is 10. The minimum absolute atomic E-state index is 0.288. The third kappa shape index (κ3) is 27.4. The Morgan fingerprint density at radius 2 is 0.556 bits per heavy atom. The minimum Gasteiger partial charge on any atom is -0.494 e. The van der Waals surface area contributed by atoms with Crippen molar-refractivity contribution in [2.24, 2.45) is 0 Å². The van der Waals surface area contributed by atoms with Crippen molar-refractivity contribution in [1.29, 1.82) is 10.5 Å². The second-order valence-electron chi connectivity index (χ2n) is 31.0. The molecule has 10 aromatic carbocycles. The van der Waals surface area contributed by atoms with Crippen molar-refractivity contribution in [2.75, 3.05) is 16.4 Å². The predicted octanol–water partition coefficient (Wildman–Crippen LogP) is 31.4. The lowest BCUT2D eigenvalue weighted by molar-refractivity contribution is -0.133. The molecule has 19 heteroatoms. The third-order valence-corrected chi connectivity index (χ3v) is 26.0. The molecule has 0 bridgehead atoms. The highest BCUT2D eigenvalue weighted by Gasteiger charge is 2.19. The molecular weight excluding hydrogens is 1730 g/mol. The Hall–Kier alpha value is -15.8. The first-order valence-electron chi connectivity index (χ1n) is 43.6. The predicted molar refractivity (Wildman–Crippen MR) is 551 cm³/mol. The van der Waals surface area contributed by atoms with Gasteiger partial charge in [0, 0.05) is 73.1 Å². The van der Waals surface area contributed by atoms with Crippen LogP contribution in [-0.2, 0) is 25.6 Å². The van der Waals surface area contributed by atoms with E-state index >= 15 is 0 Å². The van der Waals surface area contributed by atoms with E-state index in [2.05, 4.69) is 245 Å². The first kappa shape index (κ1) is 94.8. The van der Waals surface area contributed by atoms with Crippen LogP contribution < -0.4 is 14.5 Å². The number of aliphatic carboxylic acids is 4. The van der Waals surface area contributed by atoms with Gasteiger partial charge in [-0.1, -0.05) is 271 Å².